The van der Waals surface area contributed by atoms with E-state index in [1.807, 2.05) is 0 Å². The zero-order chi connectivity index (χ0) is 13.7. The molecule has 0 aromatic heterocycles. The van der Waals surface area contributed by atoms with Gasteiger partial charge in [0.25, 0.3) is 0 Å². The summed E-state index contributed by atoms with van der Waals surface area (Å²) in [6.45, 7) is 2.25. The molecule has 0 bridgehead atoms. The van der Waals surface area contributed by atoms with Crippen LogP contribution >= 0.6 is 0 Å². The van der Waals surface area contributed by atoms with Crippen LogP contribution in [0.5, 0.6) is 0 Å². The predicted octanol–water partition coefficient (Wildman–Crippen LogP) is -0.0465. The second-order valence-corrected chi connectivity index (χ2v) is 5.82. The average Bonchev–Trinajstić information content (AvgIpc) is 2.29. The molecule has 5 nitrogen and oxygen atoms in total. The fourth-order valence-electron chi connectivity index (χ4n) is 1.93. The van der Waals surface area contributed by atoms with Gasteiger partial charge in [0, 0.05) is 0 Å². The smallest absolute Gasteiger partial charge is 0.726 e. The Morgan fingerprint density at radius 3 is 1.50 bits per heavy atom. The van der Waals surface area contributed by atoms with E-state index in [0.717, 1.165) is 12.8 Å². The zero-order valence-electron chi connectivity index (χ0n) is 13.0. The van der Waals surface area contributed by atoms with Gasteiger partial charge in [0.2, 0.25) is 10.4 Å². The third-order valence-electron chi connectivity index (χ3n) is 2.98. The molecule has 0 atom stereocenters. The van der Waals surface area contributed by atoms with Crippen molar-refractivity contribution in [3.63, 3.8) is 0 Å². The molecule has 0 radical (unpaired) electrons. The molecule has 20 heavy (non-hydrogen) atoms. The Morgan fingerprint density at radius 1 is 0.800 bits per heavy atom. The van der Waals surface area contributed by atoms with E-state index in [-0.39, 0.29) is 41.6 Å². The van der Waals surface area contributed by atoms with Crippen LogP contribution in [0.3, 0.4) is 0 Å². The van der Waals surface area contributed by atoms with Gasteiger partial charge in [0.05, 0.1) is 6.61 Å². The summed E-state index contributed by atoms with van der Waals surface area (Å²) in [5, 5.41) is 0. The largest absolute Gasteiger partial charge is 1.00 e. The Balaban J connectivity index is -0.00000144. The second kappa shape index (κ2) is 17.9. The maximum atomic E-state index is 10.1. The predicted molar refractivity (Wildman–Crippen MR) is 75.7 cm³/mol. The van der Waals surface area contributed by atoms with Crippen molar-refractivity contribution >= 4 is 10.4 Å². The van der Waals surface area contributed by atoms with Crippen LogP contribution in [0.1, 0.15) is 77.6 Å². The van der Waals surface area contributed by atoms with E-state index < -0.39 is 10.4 Å². The van der Waals surface area contributed by atoms with Crippen LogP contribution < -0.4 is 29.6 Å². The summed E-state index contributed by atoms with van der Waals surface area (Å²) in [6.07, 6.45) is 13.1. The van der Waals surface area contributed by atoms with Crippen molar-refractivity contribution in [3.05, 3.63) is 0 Å². The SMILES string of the molecule is CCCCCCCCCCCCCOS(=O)(=O)[O-].O.[Na+]. The van der Waals surface area contributed by atoms with Crippen LogP contribution in [0.15, 0.2) is 0 Å². The summed E-state index contributed by atoms with van der Waals surface area (Å²) in [5.74, 6) is 0. The van der Waals surface area contributed by atoms with Crippen LogP contribution in [0.25, 0.3) is 0 Å². The first kappa shape index (κ1) is 25.8. The van der Waals surface area contributed by atoms with Gasteiger partial charge >= 0.3 is 29.6 Å². The summed E-state index contributed by atoms with van der Waals surface area (Å²) in [4.78, 5) is 0. The Hall–Kier alpha value is 0.830. The van der Waals surface area contributed by atoms with Crippen LogP contribution in [-0.2, 0) is 14.6 Å². The van der Waals surface area contributed by atoms with E-state index in [1.165, 1.54) is 51.4 Å². The molecule has 0 saturated heterocycles. The fraction of sp³-hybridized carbons (Fsp3) is 1.00. The second-order valence-electron chi connectivity index (χ2n) is 4.77. The van der Waals surface area contributed by atoms with Crippen molar-refractivity contribution in [1.82, 2.24) is 0 Å². The van der Waals surface area contributed by atoms with Crippen molar-refractivity contribution in [3.8, 4) is 0 Å². The van der Waals surface area contributed by atoms with Crippen LogP contribution in [0.4, 0.5) is 0 Å². The third kappa shape index (κ3) is 23.9. The first-order valence-electron chi connectivity index (χ1n) is 7.16. The summed E-state index contributed by atoms with van der Waals surface area (Å²) in [5.41, 5.74) is 0. The topological polar surface area (TPSA) is 97.9 Å². The Labute approximate surface area is 146 Å². The van der Waals surface area contributed by atoms with Crippen LogP contribution in [0, 0.1) is 0 Å². The molecule has 118 valence electrons. The van der Waals surface area contributed by atoms with Crippen molar-refractivity contribution in [2.24, 2.45) is 0 Å². The van der Waals surface area contributed by atoms with E-state index in [1.54, 1.807) is 0 Å². The van der Waals surface area contributed by atoms with E-state index >= 15 is 0 Å². The molecule has 0 unspecified atom stereocenters. The minimum absolute atomic E-state index is 0. The van der Waals surface area contributed by atoms with Gasteiger partial charge in [-0.25, -0.2) is 8.42 Å². The monoisotopic (exact) mass is 320 g/mol. The maximum Gasteiger partial charge on any atom is 1.00 e. The summed E-state index contributed by atoms with van der Waals surface area (Å²) < 4.78 is 34.5. The molecule has 0 saturated carbocycles. The maximum absolute atomic E-state index is 10.1. The summed E-state index contributed by atoms with van der Waals surface area (Å²) >= 11 is 0. The number of hydrogen-bond donors (Lipinski definition) is 0. The van der Waals surface area contributed by atoms with Crippen molar-refractivity contribution in [2.45, 2.75) is 77.6 Å². The first-order valence-corrected chi connectivity index (χ1v) is 8.50. The van der Waals surface area contributed by atoms with E-state index in [4.69, 9.17) is 0 Å². The van der Waals surface area contributed by atoms with Crippen molar-refractivity contribution in [2.75, 3.05) is 6.61 Å². The normalized spacial score (nSPS) is 10.7. The Bertz CT molecular complexity index is 270. The molecular weight excluding hydrogens is 291 g/mol. The molecule has 7 heteroatoms. The minimum Gasteiger partial charge on any atom is -0.726 e. The standard InChI is InChI=1S/C13H28O4S.Na.H2O/c1-2-3-4-5-6-7-8-9-10-11-12-13-17-18(14,15)16;;/h2-13H2,1H3,(H,14,15,16);;1H2/q;+1;/p-1. The molecular formula is C13H29NaO5S. The summed E-state index contributed by atoms with van der Waals surface area (Å²) in [7, 11) is -4.49. The van der Waals surface area contributed by atoms with Crippen LogP contribution in [0.2, 0.25) is 0 Å². The molecule has 0 fully saturated rings. The molecule has 0 amide bonds. The van der Waals surface area contributed by atoms with Gasteiger partial charge < -0.3 is 10.0 Å². The van der Waals surface area contributed by atoms with Gasteiger partial charge in [-0.3, -0.25) is 4.18 Å². The molecule has 0 rings (SSSR count). The van der Waals surface area contributed by atoms with E-state index in [9.17, 15) is 13.0 Å². The number of rotatable bonds is 13. The molecule has 0 aromatic carbocycles. The number of hydrogen-bond acceptors (Lipinski definition) is 4. The van der Waals surface area contributed by atoms with Crippen molar-refractivity contribution < 1.29 is 52.2 Å². The van der Waals surface area contributed by atoms with Crippen molar-refractivity contribution in [1.29, 1.82) is 0 Å². The molecule has 0 spiro atoms. The zero-order valence-corrected chi connectivity index (χ0v) is 15.8. The van der Waals surface area contributed by atoms with Crippen LogP contribution in [-0.4, -0.2) is 25.1 Å². The minimum atomic E-state index is -4.49. The van der Waals surface area contributed by atoms with E-state index in [2.05, 4.69) is 11.1 Å². The Kier molecular flexibility index (Phi) is 23.0. The van der Waals surface area contributed by atoms with Gasteiger partial charge in [-0.05, 0) is 6.42 Å². The molecule has 0 heterocycles. The molecule has 0 aromatic rings. The van der Waals surface area contributed by atoms with Gasteiger partial charge in [-0.2, -0.15) is 0 Å². The quantitative estimate of drug-likeness (QED) is 0.206. The van der Waals surface area contributed by atoms with Gasteiger partial charge in [0.1, 0.15) is 0 Å². The average molecular weight is 320 g/mol. The first-order chi connectivity index (χ1) is 8.56. The molecule has 0 aliphatic rings. The van der Waals surface area contributed by atoms with E-state index in [0.29, 0.717) is 6.42 Å². The molecule has 2 N–H and O–H groups in total. The third-order valence-corrected chi connectivity index (χ3v) is 3.43. The Morgan fingerprint density at radius 2 is 1.15 bits per heavy atom. The fourth-order valence-corrected chi connectivity index (χ4v) is 2.25. The van der Waals surface area contributed by atoms with Gasteiger partial charge in [-0.15, -0.1) is 0 Å². The summed E-state index contributed by atoms with van der Waals surface area (Å²) in [6, 6.07) is 0. The number of unbranched alkanes of at least 4 members (excludes halogenated alkanes) is 10. The van der Waals surface area contributed by atoms with Gasteiger partial charge in [-0.1, -0.05) is 71.1 Å². The molecule has 0 aliphatic heterocycles. The van der Waals surface area contributed by atoms with Gasteiger partial charge in [0.15, 0.2) is 0 Å². The molecule has 0 aliphatic carbocycles.